The van der Waals surface area contributed by atoms with Gasteiger partial charge < -0.3 is 4.74 Å². The number of carbonyl (C=O) groups excluding carboxylic acids is 1. The van der Waals surface area contributed by atoms with Crippen LogP contribution in [-0.4, -0.2) is 15.9 Å². The molecular weight excluding hydrogens is 240 g/mol. The molecule has 0 saturated carbocycles. The molecule has 0 bridgehead atoms. The Bertz CT molecular complexity index is 557. The zero-order valence-corrected chi connectivity index (χ0v) is 11.3. The number of benzene rings is 1. The molecule has 2 aromatic rings. The first-order chi connectivity index (χ1) is 8.97. The quantitative estimate of drug-likeness (QED) is 0.612. The zero-order chi connectivity index (χ0) is 13.9. The Morgan fingerprint density at radius 3 is 2.16 bits per heavy atom. The first-order valence-corrected chi connectivity index (χ1v) is 6.04. The molecule has 98 valence electrons. The molecule has 19 heavy (non-hydrogen) atoms. The largest absolute Gasteiger partial charge is 0.423 e. The molecule has 0 spiro atoms. The number of ether oxygens (including phenoxy) is 1. The summed E-state index contributed by atoms with van der Waals surface area (Å²) in [4.78, 5) is 19.4. The van der Waals surface area contributed by atoms with E-state index in [-0.39, 0.29) is 5.41 Å². The molecule has 1 aromatic carbocycles. The van der Waals surface area contributed by atoms with Crippen molar-refractivity contribution in [3.63, 3.8) is 0 Å². The van der Waals surface area contributed by atoms with E-state index in [0.717, 1.165) is 0 Å². The van der Waals surface area contributed by atoms with E-state index in [0.29, 0.717) is 11.3 Å². The summed E-state index contributed by atoms with van der Waals surface area (Å²) >= 11 is 0. The second kappa shape index (κ2) is 5.18. The average molecular weight is 256 g/mol. The standard InChI is InChI=1S/C15H16N2O2/c1-15(2,3)12-4-6-13(7-5-12)19-14(18)11-8-16-10-17-9-11/h4-10H,1-3H3. The van der Waals surface area contributed by atoms with E-state index >= 15 is 0 Å². The molecule has 0 unspecified atom stereocenters. The molecule has 0 radical (unpaired) electrons. The smallest absolute Gasteiger partial charge is 0.346 e. The summed E-state index contributed by atoms with van der Waals surface area (Å²) in [6, 6.07) is 7.51. The summed E-state index contributed by atoms with van der Waals surface area (Å²) in [5.41, 5.74) is 1.60. The van der Waals surface area contributed by atoms with Gasteiger partial charge in [-0.3, -0.25) is 0 Å². The Labute approximate surface area is 112 Å². The lowest BCUT2D eigenvalue weighted by Gasteiger charge is -2.18. The predicted octanol–water partition coefficient (Wildman–Crippen LogP) is 2.99. The summed E-state index contributed by atoms with van der Waals surface area (Å²) in [6.45, 7) is 6.40. The van der Waals surface area contributed by atoms with E-state index in [1.54, 1.807) is 12.1 Å². The van der Waals surface area contributed by atoms with Crippen LogP contribution in [0.5, 0.6) is 5.75 Å². The van der Waals surface area contributed by atoms with Crippen molar-refractivity contribution >= 4 is 5.97 Å². The van der Waals surface area contributed by atoms with Gasteiger partial charge in [-0.15, -0.1) is 0 Å². The third kappa shape index (κ3) is 3.37. The molecule has 1 heterocycles. The number of aromatic nitrogens is 2. The maximum absolute atomic E-state index is 11.8. The Hall–Kier alpha value is -2.23. The van der Waals surface area contributed by atoms with Crippen LogP contribution < -0.4 is 4.74 Å². The zero-order valence-electron chi connectivity index (χ0n) is 11.3. The minimum absolute atomic E-state index is 0.0792. The molecule has 0 aliphatic carbocycles. The molecule has 0 aliphatic heterocycles. The van der Waals surface area contributed by atoms with E-state index in [1.807, 2.05) is 12.1 Å². The second-order valence-electron chi connectivity index (χ2n) is 5.29. The highest BCUT2D eigenvalue weighted by Crippen LogP contribution is 2.24. The molecule has 0 atom stereocenters. The highest BCUT2D eigenvalue weighted by Gasteiger charge is 2.14. The first kappa shape index (κ1) is 13.2. The summed E-state index contributed by atoms with van der Waals surface area (Å²) in [5, 5.41) is 0. The molecule has 0 amide bonds. The minimum Gasteiger partial charge on any atom is -0.423 e. The lowest BCUT2D eigenvalue weighted by Crippen LogP contribution is -2.12. The Morgan fingerprint density at radius 2 is 1.63 bits per heavy atom. The predicted molar refractivity (Wildman–Crippen MR) is 72.1 cm³/mol. The number of nitrogens with zero attached hydrogens (tertiary/aromatic N) is 2. The fourth-order valence-corrected chi connectivity index (χ4v) is 1.59. The third-order valence-electron chi connectivity index (χ3n) is 2.73. The third-order valence-corrected chi connectivity index (χ3v) is 2.73. The first-order valence-electron chi connectivity index (χ1n) is 6.04. The van der Waals surface area contributed by atoms with Gasteiger partial charge in [-0.2, -0.15) is 0 Å². The SMILES string of the molecule is CC(C)(C)c1ccc(OC(=O)c2cncnc2)cc1. The van der Waals surface area contributed by atoms with Crippen molar-refractivity contribution in [2.24, 2.45) is 0 Å². The van der Waals surface area contributed by atoms with Gasteiger partial charge in [0, 0.05) is 12.4 Å². The van der Waals surface area contributed by atoms with Crippen LogP contribution in [0.1, 0.15) is 36.7 Å². The summed E-state index contributed by atoms with van der Waals surface area (Å²) < 4.78 is 5.25. The van der Waals surface area contributed by atoms with Crippen molar-refractivity contribution in [1.82, 2.24) is 9.97 Å². The van der Waals surface area contributed by atoms with Crippen LogP contribution in [0.3, 0.4) is 0 Å². The van der Waals surface area contributed by atoms with Crippen LogP contribution in [0.15, 0.2) is 43.0 Å². The van der Waals surface area contributed by atoms with Crippen LogP contribution in [0, 0.1) is 0 Å². The van der Waals surface area contributed by atoms with Crippen LogP contribution in [-0.2, 0) is 5.41 Å². The van der Waals surface area contributed by atoms with E-state index in [9.17, 15) is 4.79 Å². The van der Waals surface area contributed by atoms with E-state index < -0.39 is 5.97 Å². The monoisotopic (exact) mass is 256 g/mol. The number of carbonyl (C=O) groups is 1. The van der Waals surface area contributed by atoms with Gasteiger partial charge in [-0.05, 0) is 23.1 Å². The Morgan fingerprint density at radius 1 is 1.05 bits per heavy atom. The molecular formula is C15H16N2O2. The average Bonchev–Trinajstić information content (AvgIpc) is 2.39. The van der Waals surface area contributed by atoms with E-state index in [2.05, 4.69) is 30.7 Å². The van der Waals surface area contributed by atoms with Gasteiger partial charge >= 0.3 is 5.97 Å². The highest BCUT2D eigenvalue weighted by molar-refractivity contribution is 5.90. The molecule has 0 N–H and O–H groups in total. The molecule has 0 aliphatic rings. The Balaban J connectivity index is 2.10. The molecule has 4 heteroatoms. The normalized spacial score (nSPS) is 11.1. The minimum atomic E-state index is -0.455. The van der Waals surface area contributed by atoms with Crippen molar-refractivity contribution in [3.8, 4) is 5.75 Å². The van der Waals surface area contributed by atoms with Gasteiger partial charge in [0.25, 0.3) is 0 Å². The lowest BCUT2D eigenvalue weighted by atomic mass is 9.87. The number of rotatable bonds is 2. The number of esters is 1. The fourth-order valence-electron chi connectivity index (χ4n) is 1.59. The lowest BCUT2D eigenvalue weighted by molar-refractivity contribution is 0.0734. The molecule has 4 nitrogen and oxygen atoms in total. The highest BCUT2D eigenvalue weighted by atomic mass is 16.5. The van der Waals surface area contributed by atoms with Crippen LogP contribution >= 0.6 is 0 Å². The van der Waals surface area contributed by atoms with E-state index in [1.165, 1.54) is 24.3 Å². The van der Waals surface area contributed by atoms with Gasteiger partial charge in [0.15, 0.2) is 0 Å². The van der Waals surface area contributed by atoms with Gasteiger partial charge in [0.2, 0.25) is 0 Å². The molecule has 0 saturated heterocycles. The van der Waals surface area contributed by atoms with Gasteiger partial charge in [0.05, 0.1) is 5.56 Å². The van der Waals surface area contributed by atoms with Gasteiger partial charge in [0.1, 0.15) is 12.1 Å². The van der Waals surface area contributed by atoms with Crippen molar-refractivity contribution < 1.29 is 9.53 Å². The van der Waals surface area contributed by atoms with Crippen molar-refractivity contribution in [2.75, 3.05) is 0 Å². The number of hydrogen-bond donors (Lipinski definition) is 0. The Kier molecular flexibility index (Phi) is 3.60. The van der Waals surface area contributed by atoms with Gasteiger partial charge in [-0.25, -0.2) is 14.8 Å². The van der Waals surface area contributed by atoms with E-state index in [4.69, 9.17) is 4.74 Å². The number of hydrogen-bond acceptors (Lipinski definition) is 4. The van der Waals surface area contributed by atoms with Crippen LogP contribution in [0.4, 0.5) is 0 Å². The summed E-state index contributed by atoms with van der Waals surface area (Å²) in [6.07, 6.45) is 4.23. The maximum Gasteiger partial charge on any atom is 0.346 e. The fraction of sp³-hybridized carbons (Fsp3) is 0.267. The van der Waals surface area contributed by atoms with Crippen molar-refractivity contribution in [2.45, 2.75) is 26.2 Å². The molecule has 1 aromatic heterocycles. The summed E-state index contributed by atoms with van der Waals surface area (Å²) in [7, 11) is 0. The summed E-state index contributed by atoms with van der Waals surface area (Å²) in [5.74, 6) is 0.0611. The van der Waals surface area contributed by atoms with Crippen molar-refractivity contribution in [1.29, 1.82) is 0 Å². The maximum atomic E-state index is 11.8. The van der Waals surface area contributed by atoms with Crippen LogP contribution in [0.25, 0.3) is 0 Å². The molecule has 2 rings (SSSR count). The van der Waals surface area contributed by atoms with Crippen LogP contribution in [0.2, 0.25) is 0 Å². The topological polar surface area (TPSA) is 52.1 Å². The second-order valence-corrected chi connectivity index (χ2v) is 5.29. The van der Waals surface area contributed by atoms with Crippen molar-refractivity contribution in [3.05, 3.63) is 54.1 Å². The molecule has 0 fully saturated rings. The van der Waals surface area contributed by atoms with Gasteiger partial charge in [-0.1, -0.05) is 32.9 Å².